The Bertz CT molecular complexity index is 1130. The van der Waals surface area contributed by atoms with Crippen molar-refractivity contribution in [3.63, 3.8) is 0 Å². The van der Waals surface area contributed by atoms with Crippen molar-refractivity contribution in [1.29, 1.82) is 0 Å². The van der Waals surface area contributed by atoms with Crippen molar-refractivity contribution in [2.45, 2.75) is 0 Å². The van der Waals surface area contributed by atoms with Crippen LogP contribution in [0.2, 0.25) is 0 Å². The summed E-state index contributed by atoms with van der Waals surface area (Å²) in [5.41, 5.74) is 1.81. The lowest BCUT2D eigenvalue weighted by molar-refractivity contribution is 0.605. The SMILES string of the molecule is c1ccc2c(c1)ccc1c3ccccc3c3ncoc3c21. The first-order valence-electron chi connectivity index (χ1n) is 6.99. The van der Waals surface area contributed by atoms with Crippen molar-refractivity contribution in [3.8, 4) is 0 Å². The fourth-order valence-corrected chi connectivity index (χ4v) is 3.28. The highest BCUT2D eigenvalue weighted by molar-refractivity contribution is 6.29. The first-order valence-corrected chi connectivity index (χ1v) is 6.99. The van der Waals surface area contributed by atoms with E-state index in [4.69, 9.17) is 4.42 Å². The number of aromatic nitrogens is 1. The number of rotatable bonds is 0. The van der Waals surface area contributed by atoms with Crippen LogP contribution in [0.25, 0.3) is 43.4 Å². The fourth-order valence-electron chi connectivity index (χ4n) is 3.28. The maximum absolute atomic E-state index is 5.74. The van der Waals surface area contributed by atoms with Crippen molar-refractivity contribution in [2.75, 3.05) is 0 Å². The summed E-state index contributed by atoms with van der Waals surface area (Å²) < 4.78 is 5.74. The highest BCUT2D eigenvalue weighted by atomic mass is 16.3. The Morgan fingerprint density at radius 1 is 0.667 bits per heavy atom. The number of oxazole rings is 1. The molecule has 0 aliphatic rings. The third kappa shape index (κ3) is 1.34. The van der Waals surface area contributed by atoms with Crippen LogP contribution in [0.1, 0.15) is 0 Å². The maximum atomic E-state index is 5.74. The molecule has 0 amide bonds. The topological polar surface area (TPSA) is 26.0 Å². The monoisotopic (exact) mass is 269 g/mol. The quantitative estimate of drug-likeness (QED) is 0.357. The van der Waals surface area contributed by atoms with Gasteiger partial charge < -0.3 is 4.42 Å². The minimum Gasteiger partial charge on any atom is -0.443 e. The van der Waals surface area contributed by atoms with Crippen molar-refractivity contribution >= 4 is 43.4 Å². The lowest BCUT2D eigenvalue weighted by Gasteiger charge is -2.08. The largest absolute Gasteiger partial charge is 0.443 e. The lowest BCUT2D eigenvalue weighted by atomic mass is 9.96. The number of benzene rings is 4. The van der Waals surface area contributed by atoms with Gasteiger partial charge in [0.1, 0.15) is 5.52 Å². The lowest BCUT2D eigenvalue weighted by Crippen LogP contribution is -1.83. The van der Waals surface area contributed by atoms with Gasteiger partial charge in [-0.25, -0.2) is 4.98 Å². The summed E-state index contributed by atoms with van der Waals surface area (Å²) in [5, 5.41) is 7.16. The Morgan fingerprint density at radius 3 is 2.33 bits per heavy atom. The van der Waals surface area contributed by atoms with Crippen LogP contribution < -0.4 is 0 Å². The van der Waals surface area contributed by atoms with E-state index in [2.05, 4.69) is 59.6 Å². The zero-order valence-corrected chi connectivity index (χ0v) is 11.2. The Hall–Kier alpha value is -2.87. The molecule has 5 aromatic rings. The van der Waals surface area contributed by atoms with Crippen LogP contribution in [0.4, 0.5) is 0 Å². The summed E-state index contributed by atoms with van der Waals surface area (Å²) in [6.07, 6.45) is 1.54. The van der Waals surface area contributed by atoms with Gasteiger partial charge in [-0.2, -0.15) is 0 Å². The molecular formula is C19H11NO. The summed E-state index contributed by atoms with van der Waals surface area (Å²) in [6.45, 7) is 0. The predicted octanol–water partition coefficient (Wildman–Crippen LogP) is 5.29. The molecule has 0 fully saturated rings. The van der Waals surface area contributed by atoms with Gasteiger partial charge in [0.15, 0.2) is 12.0 Å². The summed E-state index contributed by atoms with van der Waals surface area (Å²) in [7, 11) is 0. The molecule has 1 aromatic heterocycles. The normalized spacial score (nSPS) is 11.8. The molecule has 0 radical (unpaired) electrons. The molecule has 0 spiro atoms. The molecular weight excluding hydrogens is 258 g/mol. The minimum atomic E-state index is 0.875. The van der Waals surface area contributed by atoms with Crippen LogP contribution in [0.5, 0.6) is 0 Å². The highest BCUT2D eigenvalue weighted by Crippen LogP contribution is 2.37. The smallest absolute Gasteiger partial charge is 0.182 e. The Morgan fingerprint density at radius 2 is 1.43 bits per heavy atom. The van der Waals surface area contributed by atoms with Gasteiger partial charge in [-0.15, -0.1) is 0 Å². The van der Waals surface area contributed by atoms with Crippen molar-refractivity contribution in [3.05, 3.63) is 67.1 Å². The highest BCUT2D eigenvalue weighted by Gasteiger charge is 2.13. The summed E-state index contributed by atoms with van der Waals surface area (Å²) >= 11 is 0. The van der Waals surface area contributed by atoms with Gasteiger partial charge in [0.25, 0.3) is 0 Å². The summed E-state index contributed by atoms with van der Waals surface area (Å²) in [6, 6.07) is 21.1. The number of hydrogen-bond acceptors (Lipinski definition) is 2. The number of fused-ring (bicyclic) bond motifs is 8. The molecule has 0 saturated heterocycles. The molecule has 5 rings (SSSR count). The van der Waals surface area contributed by atoms with E-state index in [1.807, 2.05) is 6.07 Å². The Kier molecular flexibility index (Phi) is 1.98. The average Bonchev–Trinajstić information content (AvgIpc) is 3.04. The third-order valence-electron chi connectivity index (χ3n) is 4.20. The molecule has 0 atom stereocenters. The van der Waals surface area contributed by atoms with Gasteiger partial charge in [0.2, 0.25) is 0 Å². The summed E-state index contributed by atoms with van der Waals surface area (Å²) in [4.78, 5) is 4.44. The second kappa shape index (κ2) is 3.83. The molecule has 1 heterocycles. The van der Waals surface area contributed by atoms with E-state index in [9.17, 15) is 0 Å². The third-order valence-corrected chi connectivity index (χ3v) is 4.20. The van der Waals surface area contributed by atoms with E-state index in [-0.39, 0.29) is 0 Å². The molecule has 98 valence electrons. The number of nitrogens with zero attached hydrogens (tertiary/aromatic N) is 1. The molecule has 2 heteroatoms. The molecule has 4 aromatic carbocycles. The van der Waals surface area contributed by atoms with Crippen LogP contribution in [0, 0.1) is 0 Å². The zero-order valence-electron chi connectivity index (χ0n) is 11.2. The van der Waals surface area contributed by atoms with Crippen molar-refractivity contribution in [1.82, 2.24) is 4.98 Å². The molecule has 21 heavy (non-hydrogen) atoms. The fraction of sp³-hybridized carbons (Fsp3) is 0. The van der Waals surface area contributed by atoms with Gasteiger partial charge in [-0.05, 0) is 21.5 Å². The standard InChI is InChI=1S/C19H11NO/c1-2-6-13-12(5-1)9-10-15-14-7-3-4-8-16(14)18-19(17(13)15)21-11-20-18/h1-11H. The van der Waals surface area contributed by atoms with Crippen LogP contribution in [0.15, 0.2) is 71.5 Å². The van der Waals surface area contributed by atoms with Gasteiger partial charge in [0.05, 0.1) is 0 Å². The van der Waals surface area contributed by atoms with Crippen molar-refractivity contribution < 1.29 is 4.42 Å². The van der Waals surface area contributed by atoms with Gasteiger partial charge in [-0.3, -0.25) is 0 Å². The van der Waals surface area contributed by atoms with Gasteiger partial charge in [-0.1, -0.05) is 60.7 Å². The molecule has 0 N–H and O–H groups in total. The van der Waals surface area contributed by atoms with Gasteiger partial charge in [0, 0.05) is 10.8 Å². The molecule has 0 saturated carbocycles. The minimum absolute atomic E-state index is 0.875. The van der Waals surface area contributed by atoms with Crippen LogP contribution in [-0.2, 0) is 0 Å². The molecule has 0 aliphatic carbocycles. The first-order chi connectivity index (χ1) is 10.4. The molecule has 0 bridgehead atoms. The Labute approximate surface area is 120 Å². The Balaban J connectivity index is 2.24. The summed E-state index contributed by atoms with van der Waals surface area (Å²) in [5.74, 6) is 0. The average molecular weight is 269 g/mol. The predicted molar refractivity (Wildman–Crippen MR) is 86.5 cm³/mol. The van der Waals surface area contributed by atoms with E-state index in [1.54, 1.807) is 6.39 Å². The van der Waals surface area contributed by atoms with E-state index in [1.165, 1.54) is 21.5 Å². The van der Waals surface area contributed by atoms with Crippen LogP contribution >= 0.6 is 0 Å². The maximum Gasteiger partial charge on any atom is 0.182 e. The molecule has 0 aliphatic heterocycles. The molecule has 2 nitrogen and oxygen atoms in total. The number of hydrogen-bond donors (Lipinski definition) is 0. The van der Waals surface area contributed by atoms with Crippen LogP contribution in [-0.4, -0.2) is 4.98 Å². The van der Waals surface area contributed by atoms with E-state index >= 15 is 0 Å². The van der Waals surface area contributed by atoms with E-state index in [0.29, 0.717) is 0 Å². The van der Waals surface area contributed by atoms with E-state index < -0.39 is 0 Å². The van der Waals surface area contributed by atoms with Gasteiger partial charge >= 0.3 is 0 Å². The molecule has 0 unspecified atom stereocenters. The second-order valence-corrected chi connectivity index (χ2v) is 5.28. The zero-order chi connectivity index (χ0) is 13.8. The second-order valence-electron chi connectivity index (χ2n) is 5.28. The first kappa shape index (κ1) is 10.9. The van der Waals surface area contributed by atoms with Crippen molar-refractivity contribution in [2.24, 2.45) is 0 Å². The van der Waals surface area contributed by atoms with Crippen LogP contribution in [0.3, 0.4) is 0 Å². The van der Waals surface area contributed by atoms with E-state index in [0.717, 1.165) is 21.9 Å².